The molecule has 3 nitrogen and oxygen atoms in total. The van der Waals surface area contributed by atoms with Crippen LogP contribution in [0.2, 0.25) is 0 Å². The van der Waals surface area contributed by atoms with Gasteiger partial charge < -0.3 is 10.6 Å². The van der Waals surface area contributed by atoms with Gasteiger partial charge in [-0.2, -0.15) is 0 Å². The molecule has 94 valence electrons. The monoisotopic (exact) mass is 318 g/mol. The van der Waals surface area contributed by atoms with Crippen LogP contribution in [-0.4, -0.2) is 25.5 Å². The summed E-state index contributed by atoms with van der Waals surface area (Å²) in [5, 5.41) is 6.16. The number of hydrogen-bond donors (Lipinski definition) is 2. The summed E-state index contributed by atoms with van der Waals surface area (Å²) < 4.78 is 0.977. The van der Waals surface area contributed by atoms with Crippen molar-refractivity contribution < 1.29 is 4.79 Å². The van der Waals surface area contributed by atoms with Crippen LogP contribution in [0.25, 0.3) is 0 Å². The average molecular weight is 320 g/mol. The number of benzene rings is 1. The SMILES string of the molecule is Cc1c(Br)cccc1C(=O)NCC1CNC1.Cl. The van der Waals surface area contributed by atoms with Crippen LogP contribution in [0.15, 0.2) is 22.7 Å². The Hall–Kier alpha value is -0.580. The molecule has 0 aromatic heterocycles. The van der Waals surface area contributed by atoms with Crippen molar-refractivity contribution in [2.24, 2.45) is 5.92 Å². The minimum absolute atomic E-state index is 0. The third-order valence-electron chi connectivity index (χ3n) is 2.93. The van der Waals surface area contributed by atoms with E-state index in [1.54, 1.807) is 0 Å². The predicted molar refractivity (Wildman–Crippen MR) is 74.8 cm³/mol. The lowest BCUT2D eigenvalue weighted by Crippen LogP contribution is -2.48. The lowest BCUT2D eigenvalue weighted by atomic mass is 10.0. The molecule has 17 heavy (non-hydrogen) atoms. The lowest BCUT2D eigenvalue weighted by molar-refractivity contribution is 0.0941. The smallest absolute Gasteiger partial charge is 0.251 e. The van der Waals surface area contributed by atoms with E-state index in [1.807, 2.05) is 25.1 Å². The van der Waals surface area contributed by atoms with Gasteiger partial charge in [0.2, 0.25) is 0 Å². The van der Waals surface area contributed by atoms with E-state index in [-0.39, 0.29) is 18.3 Å². The maximum absolute atomic E-state index is 11.9. The molecule has 0 atom stereocenters. The van der Waals surface area contributed by atoms with Crippen LogP contribution in [0.3, 0.4) is 0 Å². The van der Waals surface area contributed by atoms with Crippen LogP contribution in [-0.2, 0) is 0 Å². The Balaban J connectivity index is 0.00000144. The van der Waals surface area contributed by atoms with Gasteiger partial charge in [0.05, 0.1) is 0 Å². The van der Waals surface area contributed by atoms with Gasteiger partial charge in [-0.3, -0.25) is 4.79 Å². The lowest BCUT2D eigenvalue weighted by Gasteiger charge is -2.27. The van der Waals surface area contributed by atoms with Crippen molar-refractivity contribution in [1.29, 1.82) is 0 Å². The van der Waals surface area contributed by atoms with Gasteiger partial charge in [0, 0.05) is 35.6 Å². The van der Waals surface area contributed by atoms with Crippen LogP contribution in [0.4, 0.5) is 0 Å². The number of hydrogen-bond acceptors (Lipinski definition) is 2. The highest BCUT2D eigenvalue weighted by atomic mass is 79.9. The van der Waals surface area contributed by atoms with Crippen molar-refractivity contribution in [3.8, 4) is 0 Å². The number of amides is 1. The Morgan fingerprint density at radius 2 is 2.24 bits per heavy atom. The van der Waals surface area contributed by atoms with Gasteiger partial charge in [-0.1, -0.05) is 22.0 Å². The van der Waals surface area contributed by atoms with Crippen molar-refractivity contribution in [1.82, 2.24) is 10.6 Å². The van der Waals surface area contributed by atoms with Crippen LogP contribution in [0, 0.1) is 12.8 Å². The molecule has 1 aromatic rings. The first-order valence-electron chi connectivity index (χ1n) is 5.42. The van der Waals surface area contributed by atoms with Crippen LogP contribution in [0.5, 0.6) is 0 Å². The van der Waals surface area contributed by atoms with Crippen LogP contribution < -0.4 is 10.6 Å². The van der Waals surface area contributed by atoms with Crippen molar-refractivity contribution in [3.05, 3.63) is 33.8 Å². The molecule has 1 aromatic carbocycles. The second kappa shape index (κ2) is 6.38. The number of carbonyl (C=O) groups is 1. The molecule has 0 radical (unpaired) electrons. The summed E-state index contributed by atoms with van der Waals surface area (Å²) in [5.74, 6) is 0.613. The van der Waals surface area contributed by atoms with Gasteiger partial charge in [-0.05, 0) is 24.6 Å². The van der Waals surface area contributed by atoms with Gasteiger partial charge in [0.1, 0.15) is 0 Å². The fourth-order valence-corrected chi connectivity index (χ4v) is 2.04. The van der Waals surface area contributed by atoms with Gasteiger partial charge in [-0.15, -0.1) is 12.4 Å². The molecule has 5 heteroatoms. The van der Waals surface area contributed by atoms with E-state index in [4.69, 9.17) is 0 Å². The fourth-order valence-electron chi connectivity index (χ4n) is 1.68. The fraction of sp³-hybridized carbons (Fsp3) is 0.417. The molecular formula is C12H16BrClN2O. The first-order chi connectivity index (χ1) is 7.68. The van der Waals surface area contributed by atoms with Crippen molar-refractivity contribution in [2.45, 2.75) is 6.92 Å². The molecule has 1 heterocycles. The molecule has 2 N–H and O–H groups in total. The molecule has 1 aliphatic heterocycles. The van der Waals surface area contributed by atoms with Crippen LogP contribution >= 0.6 is 28.3 Å². The molecule has 1 aliphatic rings. The Kier molecular flexibility index (Phi) is 5.43. The number of nitrogens with one attached hydrogen (secondary N) is 2. The highest BCUT2D eigenvalue weighted by Gasteiger charge is 2.18. The Labute approximate surface area is 116 Å². The molecule has 1 amide bonds. The van der Waals surface area contributed by atoms with Gasteiger partial charge in [0.15, 0.2) is 0 Å². The maximum Gasteiger partial charge on any atom is 0.251 e. The summed E-state index contributed by atoms with van der Waals surface area (Å²) in [6, 6.07) is 5.69. The Morgan fingerprint density at radius 3 is 2.82 bits per heavy atom. The first-order valence-corrected chi connectivity index (χ1v) is 6.22. The number of halogens is 2. The Bertz CT molecular complexity index is 407. The largest absolute Gasteiger partial charge is 0.352 e. The average Bonchev–Trinajstić information content (AvgIpc) is 2.19. The summed E-state index contributed by atoms with van der Waals surface area (Å²) in [6.45, 7) is 4.73. The Morgan fingerprint density at radius 1 is 1.53 bits per heavy atom. The highest BCUT2D eigenvalue weighted by Crippen LogP contribution is 2.19. The van der Waals surface area contributed by atoms with E-state index < -0.39 is 0 Å². The third kappa shape index (κ3) is 3.44. The summed E-state index contributed by atoms with van der Waals surface area (Å²) in [5.41, 5.74) is 1.74. The quantitative estimate of drug-likeness (QED) is 0.896. The maximum atomic E-state index is 11.9. The third-order valence-corrected chi connectivity index (χ3v) is 3.79. The minimum atomic E-state index is 0. The standard InChI is InChI=1S/C12H15BrN2O.ClH/c1-8-10(3-2-4-11(8)13)12(16)15-7-9-5-14-6-9;/h2-4,9,14H,5-7H2,1H3,(H,15,16);1H. The molecule has 1 saturated heterocycles. The second-order valence-electron chi connectivity index (χ2n) is 4.15. The topological polar surface area (TPSA) is 41.1 Å². The van der Waals surface area contributed by atoms with E-state index in [0.717, 1.165) is 35.2 Å². The summed E-state index contributed by atoms with van der Waals surface area (Å²) in [6.07, 6.45) is 0. The number of carbonyl (C=O) groups excluding carboxylic acids is 1. The highest BCUT2D eigenvalue weighted by molar-refractivity contribution is 9.10. The van der Waals surface area contributed by atoms with Gasteiger partial charge in [-0.25, -0.2) is 0 Å². The predicted octanol–water partition coefficient (Wildman–Crippen LogP) is 2.13. The molecule has 0 spiro atoms. The van der Waals surface area contributed by atoms with Gasteiger partial charge in [0.25, 0.3) is 5.91 Å². The van der Waals surface area contributed by atoms with E-state index in [1.165, 1.54) is 0 Å². The molecule has 1 fully saturated rings. The minimum Gasteiger partial charge on any atom is -0.352 e. The molecule has 0 aliphatic carbocycles. The molecule has 0 saturated carbocycles. The summed E-state index contributed by atoms with van der Waals surface area (Å²) >= 11 is 3.43. The van der Waals surface area contributed by atoms with Crippen molar-refractivity contribution in [3.63, 3.8) is 0 Å². The zero-order valence-electron chi connectivity index (χ0n) is 9.63. The first kappa shape index (κ1) is 14.5. The van der Waals surface area contributed by atoms with Crippen LogP contribution in [0.1, 0.15) is 15.9 Å². The molecule has 0 bridgehead atoms. The zero-order chi connectivity index (χ0) is 11.5. The second-order valence-corrected chi connectivity index (χ2v) is 5.00. The normalized spacial score (nSPS) is 14.7. The van der Waals surface area contributed by atoms with Crippen molar-refractivity contribution in [2.75, 3.05) is 19.6 Å². The molecule has 2 rings (SSSR count). The number of rotatable bonds is 3. The van der Waals surface area contributed by atoms with E-state index >= 15 is 0 Å². The van der Waals surface area contributed by atoms with E-state index in [0.29, 0.717) is 5.92 Å². The summed E-state index contributed by atoms with van der Waals surface area (Å²) in [7, 11) is 0. The molecule has 0 unspecified atom stereocenters. The zero-order valence-corrected chi connectivity index (χ0v) is 12.0. The summed E-state index contributed by atoms with van der Waals surface area (Å²) in [4.78, 5) is 11.9. The van der Waals surface area contributed by atoms with E-state index in [2.05, 4.69) is 26.6 Å². The van der Waals surface area contributed by atoms with Gasteiger partial charge >= 0.3 is 0 Å². The molecular weight excluding hydrogens is 304 g/mol. The van der Waals surface area contributed by atoms with E-state index in [9.17, 15) is 4.79 Å². The van der Waals surface area contributed by atoms with Crippen molar-refractivity contribution >= 4 is 34.2 Å².